The minimum absolute atomic E-state index is 0.116. The average molecular weight is 381 g/mol. The van der Waals surface area contributed by atoms with Gasteiger partial charge in [0, 0.05) is 5.92 Å². The molecule has 3 nitrogen and oxygen atoms in total. The van der Waals surface area contributed by atoms with Gasteiger partial charge in [0.15, 0.2) is 5.78 Å². The maximum atomic E-state index is 13.0. The summed E-state index contributed by atoms with van der Waals surface area (Å²) < 4.78 is 1.93. The van der Waals surface area contributed by atoms with Gasteiger partial charge in [-0.2, -0.15) is 5.10 Å². The highest BCUT2D eigenvalue weighted by Crippen LogP contribution is 2.38. The number of Topliss-reactive ketones (excluding diaryl/α,β-unsaturated/α-hetero) is 1. The van der Waals surface area contributed by atoms with Crippen LogP contribution in [0.25, 0.3) is 5.69 Å². The first-order chi connectivity index (χ1) is 11.7. The third kappa shape index (κ3) is 2.42. The molecule has 4 heteroatoms. The van der Waals surface area contributed by atoms with Crippen molar-refractivity contribution < 1.29 is 4.79 Å². The van der Waals surface area contributed by atoms with Crippen molar-refractivity contribution in [1.29, 1.82) is 0 Å². The first-order valence-corrected chi connectivity index (χ1v) is 8.95. The normalized spacial score (nSPS) is 20.0. The highest BCUT2D eigenvalue weighted by atomic mass is 79.9. The van der Waals surface area contributed by atoms with Crippen LogP contribution >= 0.6 is 15.9 Å². The molecule has 0 bridgehead atoms. The van der Waals surface area contributed by atoms with Crippen LogP contribution in [0.3, 0.4) is 0 Å². The van der Waals surface area contributed by atoms with Crippen molar-refractivity contribution in [3.63, 3.8) is 0 Å². The number of nitrogens with zero attached hydrogens (tertiary/aromatic N) is 2. The first kappa shape index (κ1) is 15.3. The summed E-state index contributed by atoms with van der Waals surface area (Å²) >= 11 is 3.64. The van der Waals surface area contributed by atoms with Crippen molar-refractivity contribution in [2.45, 2.75) is 24.1 Å². The molecule has 0 fully saturated rings. The molecule has 0 saturated heterocycles. The van der Waals surface area contributed by atoms with Gasteiger partial charge in [-0.15, -0.1) is 0 Å². The summed E-state index contributed by atoms with van der Waals surface area (Å²) in [6.45, 7) is 1.92. The maximum absolute atomic E-state index is 13.0. The average Bonchev–Trinajstić information content (AvgIpc) is 2.96. The molecule has 1 aromatic heterocycles. The van der Waals surface area contributed by atoms with Crippen LogP contribution in [-0.2, 0) is 6.42 Å². The molecule has 1 aliphatic rings. The molecule has 2 atom stereocenters. The number of carbonyl (C=O) groups excluding carboxylic acids is 1. The molecular formula is C20H17BrN2O. The fourth-order valence-corrected chi connectivity index (χ4v) is 4.21. The Hall–Kier alpha value is -2.20. The second kappa shape index (κ2) is 6.02. The van der Waals surface area contributed by atoms with E-state index < -0.39 is 0 Å². The van der Waals surface area contributed by atoms with Crippen LogP contribution in [0, 0.1) is 6.92 Å². The molecule has 0 N–H and O–H groups in total. The number of hydrogen-bond acceptors (Lipinski definition) is 2. The van der Waals surface area contributed by atoms with Gasteiger partial charge in [-0.3, -0.25) is 4.79 Å². The molecule has 0 aliphatic heterocycles. The number of alkyl halides is 1. The minimum Gasteiger partial charge on any atom is -0.293 e. The Morgan fingerprint density at radius 2 is 1.67 bits per heavy atom. The third-order valence-corrected chi connectivity index (χ3v) is 5.70. The van der Waals surface area contributed by atoms with E-state index in [1.54, 1.807) is 0 Å². The van der Waals surface area contributed by atoms with Gasteiger partial charge < -0.3 is 0 Å². The van der Waals surface area contributed by atoms with Gasteiger partial charge in [0.1, 0.15) is 0 Å². The Balaban J connectivity index is 1.85. The predicted molar refractivity (Wildman–Crippen MR) is 98.2 cm³/mol. The predicted octanol–water partition coefficient (Wildman–Crippen LogP) is 4.47. The zero-order valence-corrected chi connectivity index (χ0v) is 14.9. The van der Waals surface area contributed by atoms with Crippen molar-refractivity contribution in [2.24, 2.45) is 0 Å². The van der Waals surface area contributed by atoms with Crippen LogP contribution in [-0.4, -0.2) is 20.4 Å². The van der Waals surface area contributed by atoms with E-state index in [0.717, 1.165) is 29.1 Å². The second-order valence-electron chi connectivity index (χ2n) is 6.14. The standard InChI is InChI=1S/C20H17BrN2O/c1-13-18-17(23(22-13)15-10-6-3-7-11-15)12-16(19(21)20(18)24)14-8-4-2-5-9-14/h2-11,16,19H,12H2,1H3/t16-,19+/m1/s1. The van der Waals surface area contributed by atoms with E-state index in [9.17, 15) is 4.79 Å². The van der Waals surface area contributed by atoms with E-state index in [-0.39, 0.29) is 16.5 Å². The smallest absolute Gasteiger partial charge is 0.180 e. The number of ketones is 1. The van der Waals surface area contributed by atoms with Gasteiger partial charge >= 0.3 is 0 Å². The minimum atomic E-state index is -0.209. The van der Waals surface area contributed by atoms with Crippen molar-refractivity contribution in [2.75, 3.05) is 0 Å². The summed E-state index contributed by atoms with van der Waals surface area (Å²) in [5, 5.41) is 4.65. The second-order valence-corrected chi connectivity index (χ2v) is 7.13. The lowest BCUT2D eigenvalue weighted by Crippen LogP contribution is -2.31. The maximum Gasteiger partial charge on any atom is 0.180 e. The zero-order valence-electron chi connectivity index (χ0n) is 13.3. The Morgan fingerprint density at radius 3 is 2.33 bits per heavy atom. The number of aromatic nitrogens is 2. The Labute approximate surface area is 149 Å². The van der Waals surface area contributed by atoms with Gasteiger partial charge in [-0.1, -0.05) is 64.5 Å². The van der Waals surface area contributed by atoms with E-state index >= 15 is 0 Å². The Bertz CT molecular complexity index is 887. The topological polar surface area (TPSA) is 34.9 Å². The largest absolute Gasteiger partial charge is 0.293 e. The molecule has 2 aromatic carbocycles. The number of carbonyl (C=O) groups is 1. The Kier molecular flexibility index (Phi) is 3.85. The molecule has 1 aliphatic carbocycles. The van der Waals surface area contributed by atoms with Crippen LogP contribution in [0.4, 0.5) is 0 Å². The number of fused-ring (bicyclic) bond motifs is 1. The summed E-state index contributed by atoms with van der Waals surface area (Å²) in [5.41, 5.74) is 4.75. The monoisotopic (exact) mass is 380 g/mol. The fraction of sp³-hybridized carbons (Fsp3) is 0.200. The molecular weight excluding hydrogens is 364 g/mol. The van der Waals surface area contributed by atoms with Crippen molar-refractivity contribution in [3.8, 4) is 5.69 Å². The van der Waals surface area contributed by atoms with Crippen LogP contribution in [0.2, 0.25) is 0 Å². The Morgan fingerprint density at radius 1 is 1.04 bits per heavy atom. The van der Waals surface area contributed by atoms with E-state index in [4.69, 9.17) is 0 Å². The summed E-state index contributed by atoms with van der Waals surface area (Å²) in [6, 6.07) is 20.2. The van der Waals surface area contributed by atoms with Gasteiger partial charge in [-0.25, -0.2) is 4.68 Å². The highest BCUT2D eigenvalue weighted by molar-refractivity contribution is 9.10. The molecule has 4 rings (SSSR count). The van der Waals surface area contributed by atoms with Crippen molar-refractivity contribution in [1.82, 2.24) is 9.78 Å². The summed E-state index contributed by atoms with van der Waals surface area (Å²) in [7, 11) is 0. The summed E-state index contributed by atoms with van der Waals surface area (Å²) in [5.74, 6) is 0.245. The number of halogens is 1. The first-order valence-electron chi connectivity index (χ1n) is 8.04. The number of rotatable bonds is 2. The molecule has 0 amide bonds. The van der Waals surface area contributed by atoms with Crippen LogP contribution in [0.5, 0.6) is 0 Å². The summed E-state index contributed by atoms with van der Waals surface area (Å²) in [4.78, 5) is 12.8. The van der Waals surface area contributed by atoms with Crippen LogP contribution < -0.4 is 0 Å². The van der Waals surface area contributed by atoms with Crippen molar-refractivity contribution >= 4 is 21.7 Å². The van der Waals surface area contributed by atoms with Crippen LogP contribution in [0.1, 0.15) is 33.2 Å². The fourth-order valence-electron chi connectivity index (χ4n) is 3.49. The molecule has 120 valence electrons. The number of para-hydroxylation sites is 1. The lowest BCUT2D eigenvalue weighted by molar-refractivity contribution is 0.0973. The number of hydrogen-bond donors (Lipinski definition) is 0. The van der Waals surface area contributed by atoms with E-state index in [2.05, 4.69) is 33.2 Å². The lowest BCUT2D eigenvalue weighted by atomic mass is 9.81. The highest BCUT2D eigenvalue weighted by Gasteiger charge is 2.38. The van der Waals surface area contributed by atoms with E-state index in [0.29, 0.717) is 0 Å². The van der Waals surface area contributed by atoms with Gasteiger partial charge in [0.05, 0.1) is 27.5 Å². The number of benzene rings is 2. The quantitative estimate of drug-likeness (QED) is 0.614. The molecule has 0 spiro atoms. The van der Waals surface area contributed by atoms with Gasteiger partial charge in [0.2, 0.25) is 0 Å². The van der Waals surface area contributed by atoms with Gasteiger partial charge in [0.25, 0.3) is 0 Å². The van der Waals surface area contributed by atoms with E-state index in [1.807, 2.05) is 60.1 Å². The van der Waals surface area contributed by atoms with Crippen molar-refractivity contribution in [3.05, 3.63) is 83.2 Å². The molecule has 3 aromatic rings. The molecule has 0 unspecified atom stereocenters. The SMILES string of the molecule is Cc1nn(-c2ccccc2)c2c1C(=O)[C@@H](Br)[C@@H](c1ccccc1)C2. The molecule has 0 saturated carbocycles. The molecule has 24 heavy (non-hydrogen) atoms. The third-order valence-electron chi connectivity index (χ3n) is 4.65. The zero-order chi connectivity index (χ0) is 16.7. The van der Waals surface area contributed by atoms with Gasteiger partial charge in [-0.05, 0) is 31.0 Å². The summed E-state index contributed by atoms with van der Waals surface area (Å²) in [6.07, 6.45) is 0.788. The van der Waals surface area contributed by atoms with Crippen LogP contribution in [0.15, 0.2) is 60.7 Å². The number of aryl methyl sites for hydroxylation is 1. The van der Waals surface area contributed by atoms with E-state index in [1.165, 1.54) is 5.56 Å². The molecule has 0 radical (unpaired) electrons. The lowest BCUT2D eigenvalue weighted by Gasteiger charge is -2.27. The molecule has 1 heterocycles.